The number of hydrogen-bond donors (Lipinski definition) is 2. The first-order chi connectivity index (χ1) is 6.50. The summed E-state index contributed by atoms with van der Waals surface area (Å²) in [4.78, 5) is 24.7. The fraction of sp³-hybridized carbons (Fsp3) is 0.625. The molecule has 0 radical (unpaired) electrons. The van der Waals surface area contributed by atoms with Crippen molar-refractivity contribution in [3.63, 3.8) is 0 Å². The minimum atomic E-state index is -0.389. The van der Waals surface area contributed by atoms with Crippen molar-refractivity contribution in [2.24, 2.45) is 13.0 Å². The number of amides is 1. The second-order valence-corrected chi connectivity index (χ2v) is 3.51. The van der Waals surface area contributed by atoms with Gasteiger partial charge in [-0.05, 0) is 5.92 Å². The molecule has 0 spiro atoms. The van der Waals surface area contributed by atoms with Gasteiger partial charge in [0.05, 0.1) is 0 Å². The summed E-state index contributed by atoms with van der Waals surface area (Å²) in [7, 11) is 1.48. The molecule has 78 valence electrons. The lowest BCUT2D eigenvalue weighted by Crippen LogP contribution is -2.28. The third-order valence-electron chi connectivity index (χ3n) is 1.66. The topological polar surface area (TPSA) is 79.8 Å². The predicted octanol–water partition coefficient (Wildman–Crippen LogP) is -0.506. The van der Waals surface area contributed by atoms with Crippen molar-refractivity contribution in [2.75, 3.05) is 6.54 Å². The fourth-order valence-electron chi connectivity index (χ4n) is 0.885. The second kappa shape index (κ2) is 4.08. The molecule has 0 aliphatic heterocycles. The van der Waals surface area contributed by atoms with Crippen LogP contribution >= 0.6 is 0 Å². The Morgan fingerprint density at radius 3 is 2.71 bits per heavy atom. The average Bonchev–Trinajstić information content (AvgIpc) is 2.43. The van der Waals surface area contributed by atoms with Crippen LogP contribution in [0.4, 0.5) is 0 Å². The van der Waals surface area contributed by atoms with Crippen LogP contribution < -0.4 is 11.0 Å². The number of rotatable bonds is 3. The molecular formula is C8H14N4O2. The highest BCUT2D eigenvalue weighted by Crippen LogP contribution is 1.89. The lowest BCUT2D eigenvalue weighted by atomic mass is 10.2. The van der Waals surface area contributed by atoms with Gasteiger partial charge in [0.1, 0.15) is 0 Å². The molecule has 6 nitrogen and oxygen atoms in total. The Labute approximate surface area is 81.3 Å². The van der Waals surface area contributed by atoms with Gasteiger partial charge in [-0.1, -0.05) is 13.8 Å². The van der Waals surface area contributed by atoms with Crippen LogP contribution in [0.25, 0.3) is 0 Å². The lowest BCUT2D eigenvalue weighted by Gasteiger charge is -2.04. The normalized spacial score (nSPS) is 10.6. The Morgan fingerprint density at radius 2 is 2.29 bits per heavy atom. The molecule has 1 amide bonds. The van der Waals surface area contributed by atoms with Crippen molar-refractivity contribution < 1.29 is 4.79 Å². The molecule has 1 heterocycles. The van der Waals surface area contributed by atoms with Crippen molar-refractivity contribution in [1.82, 2.24) is 20.1 Å². The third kappa shape index (κ3) is 2.45. The lowest BCUT2D eigenvalue weighted by molar-refractivity contribution is 0.0938. The first-order valence-electron chi connectivity index (χ1n) is 4.42. The van der Waals surface area contributed by atoms with Crippen molar-refractivity contribution in [2.45, 2.75) is 13.8 Å². The van der Waals surface area contributed by atoms with Gasteiger partial charge in [0.25, 0.3) is 5.91 Å². The number of carbonyl (C=O) groups is 1. The van der Waals surface area contributed by atoms with E-state index in [9.17, 15) is 9.59 Å². The zero-order chi connectivity index (χ0) is 10.7. The van der Waals surface area contributed by atoms with Gasteiger partial charge in [-0.3, -0.25) is 9.78 Å². The Bertz CT molecular complexity index is 377. The van der Waals surface area contributed by atoms with Gasteiger partial charge in [0.2, 0.25) is 5.82 Å². The van der Waals surface area contributed by atoms with Gasteiger partial charge < -0.3 is 5.32 Å². The summed E-state index contributed by atoms with van der Waals surface area (Å²) in [5, 5.41) is 6.38. The Morgan fingerprint density at radius 1 is 1.64 bits per heavy atom. The minimum Gasteiger partial charge on any atom is -0.349 e. The largest absolute Gasteiger partial charge is 0.349 e. The number of H-pyrrole nitrogens is 1. The molecule has 0 bridgehead atoms. The zero-order valence-electron chi connectivity index (χ0n) is 8.50. The highest BCUT2D eigenvalue weighted by molar-refractivity contribution is 5.90. The van der Waals surface area contributed by atoms with Gasteiger partial charge in [0, 0.05) is 13.6 Å². The van der Waals surface area contributed by atoms with Crippen molar-refractivity contribution in [1.29, 1.82) is 0 Å². The number of carbonyl (C=O) groups excluding carboxylic acids is 1. The van der Waals surface area contributed by atoms with Crippen LogP contribution in [0.15, 0.2) is 4.79 Å². The molecule has 1 rings (SSSR count). The summed E-state index contributed by atoms with van der Waals surface area (Å²) >= 11 is 0. The summed E-state index contributed by atoms with van der Waals surface area (Å²) in [6.45, 7) is 4.54. The van der Waals surface area contributed by atoms with Crippen molar-refractivity contribution in [3.05, 3.63) is 16.3 Å². The average molecular weight is 198 g/mol. The highest BCUT2D eigenvalue weighted by atomic mass is 16.2. The quantitative estimate of drug-likeness (QED) is 0.686. The van der Waals surface area contributed by atoms with Gasteiger partial charge in [-0.15, -0.1) is 5.10 Å². The first-order valence-corrected chi connectivity index (χ1v) is 4.42. The summed E-state index contributed by atoms with van der Waals surface area (Å²) in [6, 6.07) is 0. The number of aryl methyl sites for hydroxylation is 1. The van der Waals surface area contributed by atoms with Crippen LogP contribution in [0.5, 0.6) is 0 Å². The number of aromatic amines is 1. The molecular weight excluding hydrogens is 184 g/mol. The van der Waals surface area contributed by atoms with Crippen LogP contribution in [-0.2, 0) is 7.05 Å². The maximum absolute atomic E-state index is 11.4. The molecule has 0 saturated carbocycles. The summed E-state index contributed by atoms with van der Waals surface area (Å²) < 4.78 is 1.09. The smallest absolute Gasteiger partial charge is 0.343 e. The Balaban J connectivity index is 2.66. The second-order valence-electron chi connectivity index (χ2n) is 3.51. The highest BCUT2D eigenvalue weighted by Gasteiger charge is 2.11. The van der Waals surface area contributed by atoms with Gasteiger partial charge in [-0.2, -0.15) is 0 Å². The van der Waals surface area contributed by atoms with Crippen LogP contribution in [0.2, 0.25) is 0 Å². The van der Waals surface area contributed by atoms with E-state index in [1.165, 1.54) is 7.05 Å². The van der Waals surface area contributed by atoms with E-state index in [1.54, 1.807) is 0 Å². The van der Waals surface area contributed by atoms with Gasteiger partial charge in [0.15, 0.2) is 0 Å². The molecule has 1 aromatic heterocycles. The SMILES string of the molecule is CC(C)CNC(=O)c1nn(C)c(=O)[nH]1. The number of nitrogens with one attached hydrogen (secondary N) is 2. The van der Waals surface area contributed by atoms with E-state index in [0.29, 0.717) is 12.5 Å². The third-order valence-corrected chi connectivity index (χ3v) is 1.66. The molecule has 14 heavy (non-hydrogen) atoms. The molecule has 0 fully saturated rings. The molecule has 0 aromatic carbocycles. The van der Waals surface area contributed by atoms with Crippen LogP contribution in [-0.4, -0.2) is 27.2 Å². The fourth-order valence-corrected chi connectivity index (χ4v) is 0.885. The number of aromatic nitrogens is 3. The van der Waals surface area contributed by atoms with Gasteiger partial charge in [-0.25, -0.2) is 9.48 Å². The van der Waals surface area contributed by atoms with E-state index in [-0.39, 0.29) is 17.4 Å². The number of hydrogen-bond acceptors (Lipinski definition) is 3. The van der Waals surface area contributed by atoms with E-state index in [4.69, 9.17) is 0 Å². The first kappa shape index (κ1) is 10.5. The summed E-state index contributed by atoms with van der Waals surface area (Å²) in [5.74, 6) is 0.0731. The molecule has 0 saturated heterocycles. The van der Waals surface area contributed by atoms with Crippen LogP contribution in [0.1, 0.15) is 24.5 Å². The molecule has 0 aliphatic carbocycles. The molecule has 0 atom stereocenters. The zero-order valence-corrected chi connectivity index (χ0v) is 8.50. The molecule has 1 aromatic rings. The van der Waals surface area contributed by atoms with Crippen molar-refractivity contribution in [3.8, 4) is 0 Å². The molecule has 2 N–H and O–H groups in total. The maximum Gasteiger partial charge on any atom is 0.343 e. The van der Waals surface area contributed by atoms with Crippen LogP contribution in [0.3, 0.4) is 0 Å². The van der Waals surface area contributed by atoms with E-state index in [2.05, 4.69) is 15.4 Å². The van der Waals surface area contributed by atoms with Crippen LogP contribution in [0, 0.1) is 5.92 Å². The molecule has 0 aliphatic rings. The predicted molar refractivity (Wildman–Crippen MR) is 51.0 cm³/mol. The monoisotopic (exact) mass is 198 g/mol. The van der Waals surface area contributed by atoms with E-state index >= 15 is 0 Å². The Kier molecular flexibility index (Phi) is 3.06. The van der Waals surface area contributed by atoms with Crippen molar-refractivity contribution >= 4 is 5.91 Å². The van der Waals surface area contributed by atoms with Gasteiger partial charge >= 0.3 is 5.69 Å². The Hall–Kier alpha value is -1.59. The van der Waals surface area contributed by atoms with E-state index in [1.807, 2.05) is 13.8 Å². The summed E-state index contributed by atoms with van der Waals surface area (Å²) in [6.07, 6.45) is 0. The molecule has 0 unspecified atom stereocenters. The molecule has 6 heteroatoms. The van der Waals surface area contributed by atoms with E-state index < -0.39 is 0 Å². The number of nitrogens with zero attached hydrogens (tertiary/aromatic N) is 2. The maximum atomic E-state index is 11.4. The van der Waals surface area contributed by atoms with E-state index in [0.717, 1.165) is 4.68 Å². The minimum absolute atomic E-state index is 0.0538. The summed E-state index contributed by atoms with van der Waals surface area (Å²) in [5.41, 5.74) is -0.389. The standard InChI is InChI=1S/C8H14N4O2/c1-5(2)4-9-7(13)6-10-8(14)12(3)11-6/h5H,4H2,1-3H3,(H,9,13)(H,10,11,14).